The Morgan fingerprint density at radius 2 is 2.05 bits per heavy atom. The Hall–Kier alpha value is -1.37. The van der Waals surface area contributed by atoms with Crippen molar-refractivity contribution in [2.45, 2.75) is 17.5 Å². The van der Waals surface area contributed by atoms with Gasteiger partial charge in [0.1, 0.15) is 0 Å². The third-order valence-corrected chi connectivity index (χ3v) is 4.36. The van der Waals surface area contributed by atoms with Gasteiger partial charge in [-0.25, -0.2) is 8.78 Å². The van der Waals surface area contributed by atoms with Crippen LogP contribution in [0.5, 0.6) is 0 Å². The lowest BCUT2D eigenvalue weighted by atomic mass is 9.70. The maximum atomic E-state index is 14.3. The van der Waals surface area contributed by atoms with E-state index >= 15 is 0 Å². The van der Waals surface area contributed by atoms with Crippen LogP contribution in [0.3, 0.4) is 0 Å². The molecule has 4 nitrogen and oxygen atoms in total. The summed E-state index contributed by atoms with van der Waals surface area (Å²) in [4.78, 5) is 5.82. The van der Waals surface area contributed by atoms with Crippen molar-refractivity contribution in [3.05, 3.63) is 29.8 Å². The Morgan fingerprint density at radius 1 is 1.35 bits per heavy atom. The van der Waals surface area contributed by atoms with Gasteiger partial charge in [0.25, 0.3) is 5.92 Å². The molecule has 1 aromatic carbocycles. The summed E-state index contributed by atoms with van der Waals surface area (Å²) in [5.41, 5.74) is 12.4. The van der Waals surface area contributed by atoms with E-state index in [4.69, 9.17) is 11.5 Å². The van der Waals surface area contributed by atoms with Crippen molar-refractivity contribution in [1.82, 2.24) is 4.90 Å². The third kappa shape index (κ3) is 1.79. The normalized spacial score (nSPS) is 36.0. The van der Waals surface area contributed by atoms with Gasteiger partial charge in [-0.1, -0.05) is 18.2 Å². The van der Waals surface area contributed by atoms with Crippen molar-refractivity contribution in [2.75, 3.05) is 20.1 Å². The predicted octanol–water partition coefficient (Wildman–Crippen LogP) is 1.08. The predicted molar refractivity (Wildman–Crippen MR) is 74.4 cm³/mol. The Labute approximate surface area is 116 Å². The minimum absolute atomic E-state index is 0.222. The second kappa shape index (κ2) is 4.31. The minimum atomic E-state index is -2.86. The lowest BCUT2D eigenvalue weighted by Crippen LogP contribution is -2.63. The number of halogens is 2. The zero-order valence-corrected chi connectivity index (χ0v) is 11.3. The van der Waals surface area contributed by atoms with E-state index in [2.05, 4.69) is 4.99 Å². The van der Waals surface area contributed by atoms with Crippen LogP contribution in [0.4, 0.5) is 14.5 Å². The molecule has 6 heteroatoms. The fourth-order valence-corrected chi connectivity index (χ4v) is 3.32. The van der Waals surface area contributed by atoms with Gasteiger partial charge < -0.3 is 11.5 Å². The van der Waals surface area contributed by atoms with Crippen molar-refractivity contribution < 1.29 is 8.78 Å². The van der Waals surface area contributed by atoms with Crippen LogP contribution in [0.15, 0.2) is 29.3 Å². The first-order valence-electron chi connectivity index (χ1n) is 6.60. The van der Waals surface area contributed by atoms with Crippen LogP contribution < -0.4 is 11.5 Å². The molecule has 20 heavy (non-hydrogen) atoms. The molecule has 0 aromatic heterocycles. The number of likely N-dealkylation sites (tertiary alicyclic amines) is 1. The first kappa shape index (κ1) is 13.6. The van der Waals surface area contributed by atoms with Gasteiger partial charge in [-0.2, -0.15) is 0 Å². The van der Waals surface area contributed by atoms with Gasteiger partial charge in [0.15, 0.2) is 0 Å². The molecule has 0 aliphatic carbocycles. The second-order valence-electron chi connectivity index (χ2n) is 5.76. The van der Waals surface area contributed by atoms with E-state index in [-0.39, 0.29) is 13.1 Å². The molecule has 1 aromatic rings. The van der Waals surface area contributed by atoms with E-state index in [1.54, 1.807) is 30.1 Å². The Kier molecular flexibility index (Phi) is 2.93. The summed E-state index contributed by atoms with van der Waals surface area (Å²) in [6.45, 7) is -0.0674. The molecule has 0 amide bonds. The van der Waals surface area contributed by atoms with Crippen molar-refractivity contribution in [2.24, 2.45) is 22.4 Å². The molecule has 0 spiro atoms. The van der Waals surface area contributed by atoms with Crippen LogP contribution in [0.2, 0.25) is 0 Å². The number of alkyl halides is 2. The van der Waals surface area contributed by atoms with Crippen molar-refractivity contribution in [3.8, 4) is 0 Å². The van der Waals surface area contributed by atoms with Crippen LogP contribution in [0.1, 0.15) is 5.56 Å². The van der Waals surface area contributed by atoms with Gasteiger partial charge in [-0.15, -0.1) is 0 Å². The van der Waals surface area contributed by atoms with Crippen LogP contribution in [-0.4, -0.2) is 43.2 Å². The number of nitrogens with zero attached hydrogens (tertiary/aromatic N) is 2. The summed E-state index contributed by atoms with van der Waals surface area (Å²) in [5, 5.41) is 0. The molecule has 3 unspecified atom stereocenters. The lowest BCUT2D eigenvalue weighted by Gasteiger charge is -2.43. The second-order valence-corrected chi connectivity index (χ2v) is 5.76. The average molecular weight is 280 g/mol. The Morgan fingerprint density at radius 3 is 2.70 bits per heavy atom. The van der Waals surface area contributed by atoms with E-state index < -0.39 is 23.4 Å². The van der Waals surface area contributed by atoms with Gasteiger partial charge in [0, 0.05) is 18.3 Å². The number of aliphatic imine (C=N–C) groups is 1. The van der Waals surface area contributed by atoms with Crippen LogP contribution in [0.25, 0.3) is 0 Å². The molecule has 1 fully saturated rings. The third-order valence-electron chi connectivity index (χ3n) is 4.36. The summed E-state index contributed by atoms with van der Waals surface area (Å²) in [5.74, 6) is -3.89. The highest BCUT2D eigenvalue weighted by Crippen LogP contribution is 2.47. The van der Waals surface area contributed by atoms with Gasteiger partial charge in [0.2, 0.25) is 0 Å². The molecule has 0 bridgehead atoms. The SMILES string of the molecule is CN1CC(C2(N)c3ccccc3N=CC2N)C(F)(F)C1. The maximum absolute atomic E-state index is 14.3. The molecular weight excluding hydrogens is 262 g/mol. The largest absolute Gasteiger partial charge is 0.321 e. The molecule has 0 saturated carbocycles. The molecule has 1 saturated heterocycles. The highest BCUT2D eigenvalue weighted by molar-refractivity contribution is 5.77. The summed E-state index contributed by atoms with van der Waals surface area (Å²) < 4.78 is 28.7. The van der Waals surface area contributed by atoms with E-state index in [9.17, 15) is 8.78 Å². The van der Waals surface area contributed by atoms with Crippen LogP contribution in [-0.2, 0) is 5.54 Å². The number of hydrogen-bond acceptors (Lipinski definition) is 4. The smallest absolute Gasteiger partial charge is 0.266 e. The fraction of sp³-hybridized carbons (Fsp3) is 0.500. The molecule has 3 atom stereocenters. The molecule has 2 aliphatic heterocycles. The zero-order valence-electron chi connectivity index (χ0n) is 11.3. The number of rotatable bonds is 1. The summed E-state index contributed by atoms with van der Waals surface area (Å²) in [6, 6.07) is 6.40. The highest BCUT2D eigenvalue weighted by Gasteiger charge is 2.59. The van der Waals surface area contributed by atoms with E-state index in [1.165, 1.54) is 6.21 Å². The summed E-state index contributed by atoms with van der Waals surface area (Å²) in [6.07, 6.45) is 1.48. The van der Waals surface area contributed by atoms with Crippen LogP contribution >= 0.6 is 0 Å². The number of nitrogens with two attached hydrogens (primary N) is 2. The molecule has 108 valence electrons. The molecule has 4 N–H and O–H groups in total. The Bertz CT molecular complexity index is 560. The number of para-hydroxylation sites is 1. The van der Waals surface area contributed by atoms with E-state index in [1.807, 2.05) is 6.07 Å². The summed E-state index contributed by atoms with van der Waals surface area (Å²) >= 11 is 0. The van der Waals surface area contributed by atoms with Gasteiger partial charge in [0.05, 0.1) is 29.7 Å². The first-order chi connectivity index (χ1) is 9.35. The Balaban J connectivity index is 2.13. The first-order valence-corrected chi connectivity index (χ1v) is 6.60. The molecule has 3 rings (SSSR count). The van der Waals surface area contributed by atoms with Gasteiger partial charge in [-0.3, -0.25) is 9.89 Å². The quantitative estimate of drug-likeness (QED) is 0.809. The average Bonchev–Trinajstić information content (AvgIpc) is 2.68. The topological polar surface area (TPSA) is 67.6 Å². The number of fused-ring (bicyclic) bond motifs is 1. The lowest BCUT2D eigenvalue weighted by molar-refractivity contribution is -0.0554. The fourth-order valence-electron chi connectivity index (χ4n) is 3.32. The maximum Gasteiger partial charge on any atom is 0.266 e. The molecular formula is C14H18F2N4. The van der Waals surface area contributed by atoms with Gasteiger partial charge >= 0.3 is 0 Å². The van der Waals surface area contributed by atoms with Crippen molar-refractivity contribution >= 4 is 11.9 Å². The van der Waals surface area contributed by atoms with Crippen LogP contribution in [0, 0.1) is 5.92 Å². The standard InChI is InChI=1S/C14H18F2N4/c1-20-7-11(13(15,16)8-20)14(18)9-4-2-3-5-10(9)19-6-12(14)17/h2-6,11-12H,7-8,17-18H2,1H3. The van der Waals surface area contributed by atoms with Gasteiger partial charge in [-0.05, 0) is 13.1 Å². The number of hydrogen-bond donors (Lipinski definition) is 2. The number of benzene rings is 1. The molecule has 0 radical (unpaired) electrons. The van der Waals surface area contributed by atoms with Crippen molar-refractivity contribution in [1.29, 1.82) is 0 Å². The molecule has 2 heterocycles. The van der Waals surface area contributed by atoms with E-state index in [0.717, 1.165) is 0 Å². The zero-order chi connectivity index (χ0) is 14.5. The highest BCUT2D eigenvalue weighted by atomic mass is 19.3. The molecule has 2 aliphatic rings. The summed E-state index contributed by atoms with van der Waals surface area (Å²) in [7, 11) is 1.67. The van der Waals surface area contributed by atoms with E-state index in [0.29, 0.717) is 11.3 Å². The van der Waals surface area contributed by atoms with Crippen molar-refractivity contribution in [3.63, 3.8) is 0 Å². The monoisotopic (exact) mass is 280 g/mol. The minimum Gasteiger partial charge on any atom is -0.321 e.